The zero-order valence-electron chi connectivity index (χ0n) is 16.0. The van der Waals surface area contributed by atoms with Crippen molar-refractivity contribution in [2.75, 3.05) is 5.32 Å². The summed E-state index contributed by atoms with van der Waals surface area (Å²) in [5.74, 6) is 1.40. The van der Waals surface area contributed by atoms with Crippen LogP contribution in [0.15, 0.2) is 77.2 Å². The molecule has 4 rings (SSSR count). The first-order chi connectivity index (χ1) is 14.1. The fraction of sp³-hybridized carbons (Fsp3) is 0.0870. The Labute approximate surface area is 168 Å². The van der Waals surface area contributed by atoms with E-state index in [0.717, 1.165) is 22.4 Å². The van der Waals surface area contributed by atoms with Gasteiger partial charge in [-0.1, -0.05) is 41.0 Å². The van der Waals surface area contributed by atoms with Crippen LogP contribution < -0.4 is 10.1 Å². The van der Waals surface area contributed by atoms with E-state index in [2.05, 4.69) is 15.5 Å². The lowest BCUT2D eigenvalue weighted by atomic mass is 10.1. The minimum absolute atomic E-state index is 0.0514. The summed E-state index contributed by atoms with van der Waals surface area (Å²) in [6, 6.07) is 22.3. The van der Waals surface area contributed by atoms with E-state index >= 15 is 0 Å². The number of rotatable bonds is 5. The van der Waals surface area contributed by atoms with Gasteiger partial charge in [0.2, 0.25) is 5.89 Å². The van der Waals surface area contributed by atoms with Crippen LogP contribution in [0.1, 0.15) is 21.5 Å². The maximum absolute atomic E-state index is 12.5. The number of nitrogens with one attached hydrogen (secondary N) is 1. The topological polar surface area (TPSA) is 77.2 Å². The van der Waals surface area contributed by atoms with Crippen LogP contribution in [-0.2, 0) is 0 Å². The molecule has 1 heterocycles. The van der Waals surface area contributed by atoms with E-state index in [1.165, 1.54) is 0 Å². The molecule has 0 radical (unpaired) electrons. The van der Waals surface area contributed by atoms with E-state index in [1.54, 1.807) is 24.3 Å². The van der Waals surface area contributed by atoms with Gasteiger partial charge in [0, 0.05) is 11.1 Å². The summed E-state index contributed by atoms with van der Waals surface area (Å²) in [7, 11) is 0. The monoisotopic (exact) mass is 385 g/mol. The average molecular weight is 385 g/mol. The van der Waals surface area contributed by atoms with Crippen molar-refractivity contribution in [1.82, 2.24) is 10.2 Å². The molecule has 3 aromatic carbocycles. The number of para-hydroxylation sites is 1. The van der Waals surface area contributed by atoms with Crippen molar-refractivity contribution in [2.45, 2.75) is 13.8 Å². The maximum Gasteiger partial charge on any atom is 0.322 e. The van der Waals surface area contributed by atoms with Crippen molar-refractivity contribution in [3.05, 3.63) is 89.5 Å². The summed E-state index contributed by atoms with van der Waals surface area (Å²) in [5, 5.41) is 10.6. The van der Waals surface area contributed by atoms with Gasteiger partial charge >= 0.3 is 6.01 Å². The number of nitrogens with zero attached hydrogens (tertiary/aromatic N) is 2. The van der Waals surface area contributed by atoms with Gasteiger partial charge in [-0.3, -0.25) is 10.1 Å². The van der Waals surface area contributed by atoms with Gasteiger partial charge in [0.1, 0.15) is 11.5 Å². The summed E-state index contributed by atoms with van der Waals surface area (Å²) < 4.78 is 11.4. The lowest BCUT2D eigenvalue weighted by Crippen LogP contribution is -2.11. The molecule has 6 heteroatoms. The largest absolute Gasteiger partial charge is 0.457 e. The van der Waals surface area contributed by atoms with Crippen molar-refractivity contribution in [3.8, 4) is 23.0 Å². The molecule has 6 nitrogen and oxygen atoms in total. The SMILES string of the molecule is Cc1ccc(C)c(-c2nnc(NC(=O)c3ccc(Oc4ccccc4)cc3)o2)c1. The van der Waals surface area contributed by atoms with Gasteiger partial charge in [0.25, 0.3) is 5.91 Å². The van der Waals surface area contributed by atoms with E-state index in [4.69, 9.17) is 9.15 Å². The first-order valence-electron chi connectivity index (χ1n) is 9.14. The number of hydrogen-bond acceptors (Lipinski definition) is 5. The molecule has 0 aliphatic carbocycles. The zero-order chi connectivity index (χ0) is 20.2. The van der Waals surface area contributed by atoms with Gasteiger partial charge < -0.3 is 9.15 Å². The predicted octanol–water partition coefficient (Wildman–Crippen LogP) is 5.40. The fourth-order valence-corrected chi connectivity index (χ4v) is 2.82. The third-order valence-corrected chi connectivity index (χ3v) is 4.36. The Morgan fingerprint density at radius 1 is 0.897 bits per heavy atom. The molecular formula is C23H19N3O3. The number of benzene rings is 3. The number of carbonyl (C=O) groups is 1. The number of hydrogen-bond donors (Lipinski definition) is 1. The highest BCUT2D eigenvalue weighted by molar-refractivity contribution is 6.03. The smallest absolute Gasteiger partial charge is 0.322 e. The first-order valence-corrected chi connectivity index (χ1v) is 9.14. The average Bonchev–Trinajstić information content (AvgIpc) is 3.19. The van der Waals surface area contributed by atoms with Gasteiger partial charge in [-0.25, -0.2) is 0 Å². The Balaban J connectivity index is 1.44. The highest BCUT2D eigenvalue weighted by Gasteiger charge is 2.14. The lowest BCUT2D eigenvalue weighted by molar-refractivity contribution is 0.102. The number of aryl methyl sites for hydroxylation is 2. The molecule has 0 bridgehead atoms. The van der Waals surface area contributed by atoms with Crippen molar-refractivity contribution in [1.29, 1.82) is 0 Å². The highest BCUT2D eigenvalue weighted by atomic mass is 16.5. The summed E-state index contributed by atoms with van der Waals surface area (Å²) >= 11 is 0. The molecule has 1 aromatic heterocycles. The van der Waals surface area contributed by atoms with Crippen LogP contribution >= 0.6 is 0 Å². The molecular weight excluding hydrogens is 366 g/mol. The van der Waals surface area contributed by atoms with Crippen LogP contribution in [0.4, 0.5) is 6.01 Å². The zero-order valence-corrected chi connectivity index (χ0v) is 16.0. The molecule has 0 atom stereocenters. The van der Waals surface area contributed by atoms with Crippen molar-refractivity contribution >= 4 is 11.9 Å². The standard InChI is InChI=1S/C23H19N3O3/c1-15-8-9-16(2)20(14-15)22-25-26-23(29-22)24-21(27)17-10-12-19(13-11-17)28-18-6-4-3-5-7-18/h3-14H,1-2H3,(H,24,26,27). The highest BCUT2D eigenvalue weighted by Crippen LogP contribution is 2.25. The van der Waals surface area contributed by atoms with Crippen LogP contribution in [0.3, 0.4) is 0 Å². The Kier molecular flexibility index (Phi) is 5.07. The molecule has 0 spiro atoms. The number of anilines is 1. The molecule has 0 saturated heterocycles. The Hall–Kier alpha value is -3.93. The molecule has 0 unspecified atom stereocenters. The maximum atomic E-state index is 12.5. The van der Waals surface area contributed by atoms with Crippen LogP contribution in [0, 0.1) is 13.8 Å². The normalized spacial score (nSPS) is 10.6. The molecule has 0 aliphatic rings. The van der Waals surface area contributed by atoms with E-state index in [9.17, 15) is 4.79 Å². The fourth-order valence-electron chi connectivity index (χ4n) is 2.82. The van der Waals surface area contributed by atoms with E-state index < -0.39 is 0 Å². The Morgan fingerprint density at radius 2 is 1.62 bits per heavy atom. The summed E-state index contributed by atoms with van der Waals surface area (Å²) in [5.41, 5.74) is 3.41. The van der Waals surface area contributed by atoms with E-state index in [-0.39, 0.29) is 11.9 Å². The number of aromatic nitrogens is 2. The number of amides is 1. The van der Waals surface area contributed by atoms with Gasteiger partial charge in [0.15, 0.2) is 0 Å². The van der Waals surface area contributed by atoms with Crippen molar-refractivity contribution in [3.63, 3.8) is 0 Å². The Bertz CT molecular complexity index is 1140. The van der Waals surface area contributed by atoms with Crippen LogP contribution in [0.25, 0.3) is 11.5 Å². The third-order valence-electron chi connectivity index (χ3n) is 4.36. The third kappa shape index (κ3) is 4.32. The molecule has 4 aromatic rings. The van der Waals surface area contributed by atoms with Crippen molar-refractivity contribution in [2.24, 2.45) is 0 Å². The minimum atomic E-state index is -0.340. The van der Waals surface area contributed by atoms with Crippen molar-refractivity contribution < 1.29 is 13.9 Å². The van der Waals surface area contributed by atoms with Gasteiger partial charge in [-0.05, 0) is 61.9 Å². The summed E-state index contributed by atoms with van der Waals surface area (Å²) in [6.45, 7) is 3.96. The second kappa shape index (κ2) is 7.98. The molecule has 144 valence electrons. The molecule has 0 aliphatic heterocycles. The van der Waals surface area contributed by atoms with Crippen LogP contribution in [0.2, 0.25) is 0 Å². The second-order valence-electron chi connectivity index (χ2n) is 6.62. The molecule has 29 heavy (non-hydrogen) atoms. The lowest BCUT2D eigenvalue weighted by Gasteiger charge is -2.06. The minimum Gasteiger partial charge on any atom is -0.457 e. The van der Waals surface area contributed by atoms with Gasteiger partial charge in [-0.2, -0.15) is 0 Å². The van der Waals surface area contributed by atoms with E-state index in [0.29, 0.717) is 17.2 Å². The second-order valence-corrected chi connectivity index (χ2v) is 6.62. The first kappa shape index (κ1) is 18.4. The predicted molar refractivity (Wildman–Crippen MR) is 110 cm³/mol. The van der Waals surface area contributed by atoms with E-state index in [1.807, 2.05) is 62.4 Å². The molecule has 1 amide bonds. The number of ether oxygens (including phenoxy) is 1. The van der Waals surface area contributed by atoms with Crippen LogP contribution in [0.5, 0.6) is 11.5 Å². The Morgan fingerprint density at radius 3 is 2.38 bits per heavy atom. The molecule has 1 N–H and O–H groups in total. The number of carbonyl (C=O) groups excluding carboxylic acids is 1. The quantitative estimate of drug-likeness (QED) is 0.498. The summed E-state index contributed by atoms with van der Waals surface area (Å²) in [4.78, 5) is 12.5. The van der Waals surface area contributed by atoms with Gasteiger partial charge in [-0.15, -0.1) is 5.10 Å². The molecule has 0 saturated carbocycles. The molecule has 0 fully saturated rings. The van der Waals surface area contributed by atoms with Crippen LogP contribution in [-0.4, -0.2) is 16.1 Å². The summed E-state index contributed by atoms with van der Waals surface area (Å²) in [6.07, 6.45) is 0. The van der Waals surface area contributed by atoms with Gasteiger partial charge in [0.05, 0.1) is 0 Å².